The maximum absolute atomic E-state index is 13.5. The summed E-state index contributed by atoms with van der Waals surface area (Å²) in [6, 6.07) is 12.9. The molecule has 0 saturated heterocycles. The molecule has 3 heteroatoms. The van der Waals surface area contributed by atoms with E-state index >= 15 is 0 Å². The van der Waals surface area contributed by atoms with Crippen LogP contribution in [0.15, 0.2) is 46.9 Å². The number of halogens is 2. The summed E-state index contributed by atoms with van der Waals surface area (Å²) < 4.78 is 13.8. The Morgan fingerprint density at radius 3 is 2.29 bits per heavy atom. The zero-order valence-corrected chi connectivity index (χ0v) is 14.1. The third kappa shape index (κ3) is 3.92. The number of benzene rings is 2. The predicted molar refractivity (Wildman–Crippen MR) is 87.9 cm³/mol. The Bertz CT molecular complexity index is 614. The standard InChI is InChI=1S/C18H20BrFO/c1-18(2,3)13-9-7-12(8-10-13)11-16(21)14-5-4-6-15(20)17(14)19/h4-10,16,21H,11H2,1-3H3. The van der Waals surface area contributed by atoms with Crippen LogP contribution in [0, 0.1) is 5.82 Å². The van der Waals surface area contributed by atoms with E-state index in [1.807, 2.05) is 12.1 Å². The monoisotopic (exact) mass is 350 g/mol. The number of rotatable bonds is 3. The van der Waals surface area contributed by atoms with Crippen LogP contribution in [0.25, 0.3) is 0 Å². The van der Waals surface area contributed by atoms with Gasteiger partial charge < -0.3 is 5.11 Å². The third-order valence-electron chi connectivity index (χ3n) is 3.59. The van der Waals surface area contributed by atoms with Gasteiger partial charge in [0.05, 0.1) is 10.6 Å². The molecule has 0 fully saturated rings. The van der Waals surface area contributed by atoms with E-state index in [0.717, 1.165) is 5.56 Å². The molecule has 1 nitrogen and oxygen atoms in total. The van der Waals surface area contributed by atoms with Crippen molar-refractivity contribution in [3.8, 4) is 0 Å². The third-order valence-corrected chi connectivity index (χ3v) is 4.43. The lowest BCUT2D eigenvalue weighted by Gasteiger charge is -2.19. The molecule has 0 aliphatic rings. The summed E-state index contributed by atoms with van der Waals surface area (Å²) in [6.45, 7) is 6.50. The Balaban J connectivity index is 2.16. The molecule has 0 aliphatic heterocycles. The fourth-order valence-electron chi connectivity index (χ4n) is 2.25. The summed E-state index contributed by atoms with van der Waals surface area (Å²) in [5.41, 5.74) is 2.98. The molecule has 1 N–H and O–H groups in total. The van der Waals surface area contributed by atoms with Crippen LogP contribution in [0.4, 0.5) is 4.39 Å². The van der Waals surface area contributed by atoms with Gasteiger partial charge in [-0.25, -0.2) is 4.39 Å². The lowest BCUT2D eigenvalue weighted by molar-refractivity contribution is 0.177. The van der Waals surface area contributed by atoms with Gasteiger partial charge in [-0.2, -0.15) is 0 Å². The lowest BCUT2D eigenvalue weighted by Crippen LogP contribution is -2.11. The Morgan fingerprint density at radius 2 is 1.71 bits per heavy atom. The lowest BCUT2D eigenvalue weighted by atomic mass is 9.86. The van der Waals surface area contributed by atoms with Crippen LogP contribution in [-0.4, -0.2) is 5.11 Å². The summed E-state index contributed by atoms with van der Waals surface area (Å²) >= 11 is 3.20. The highest BCUT2D eigenvalue weighted by molar-refractivity contribution is 9.10. The highest BCUT2D eigenvalue weighted by Gasteiger charge is 2.16. The summed E-state index contributed by atoms with van der Waals surface area (Å²) in [6.07, 6.45) is -0.262. The zero-order valence-electron chi connectivity index (χ0n) is 12.5. The molecular formula is C18H20BrFO. The van der Waals surface area contributed by atoms with Crippen molar-refractivity contribution in [3.05, 3.63) is 69.4 Å². The first kappa shape index (κ1) is 16.2. The molecule has 1 atom stereocenters. The summed E-state index contributed by atoms with van der Waals surface area (Å²) in [7, 11) is 0. The smallest absolute Gasteiger partial charge is 0.137 e. The van der Waals surface area contributed by atoms with E-state index < -0.39 is 6.10 Å². The molecule has 0 heterocycles. The minimum Gasteiger partial charge on any atom is -0.388 e. The van der Waals surface area contributed by atoms with Gasteiger partial charge in [-0.15, -0.1) is 0 Å². The fraction of sp³-hybridized carbons (Fsp3) is 0.333. The van der Waals surface area contributed by atoms with Crippen molar-refractivity contribution in [1.82, 2.24) is 0 Å². The van der Waals surface area contributed by atoms with Crippen LogP contribution in [0.1, 0.15) is 43.6 Å². The van der Waals surface area contributed by atoms with Crippen LogP contribution >= 0.6 is 15.9 Å². The van der Waals surface area contributed by atoms with Crippen LogP contribution in [-0.2, 0) is 11.8 Å². The van der Waals surface area contributed by atoms with Crippen LogP contribution in [0.3, 0.4) is 0 Å². The van der Waals surface area contributed by atoms with Crippen molar-refractivity contribution in [2.45, 2.75) is 38.7 Å². The van der Waals surface area contributed by atoms with Gasteiger partial charge in [0, 0.05) is 6.42 Å². The molecule has 2 rings (SSSR count). The number of hydrogen-bond donors (Lipinski definition) is 1. The minimum atomic E-state index is -0.726. The van der Waals surface area contributed by atoms with Gasteiger partial charge in [-0.05, 0) is 44.1 Å². The van der Waals surface area contributed by atoms with Gasteiger partial charge >= 0.3 is 0 Å². The Kier molecular flexibility index (Phi) is 4.84. The molecule has 0 saturated carbocycles. The largest absolute Gasteiger partial charge is 0.388 e. The second-order valence-electron chi connectivity index (χ2n) is 6.31. The highest BCUT2D eigenvalue weighted by Crippen LogP contribution is 2.29. The first-order chi connectivity index (χ1) is 9.79. The van der Waals surface area contributed by atoms with Gasteiger partial charge in [0.25, 0.3) is 0 Å². The maximum atomic E-state index is 13.5. The van der Waals surface area contributed by atoms with Gasteiger partial charge in [0.15, 0.2) is 0 Å². The molecule has 0 bridgehead atoms. The Hall–Kier alpha value is -1.19. The molecule has 2 aromatic carbocycles. The van der Waals surface area contributed by atoms with E-state index in [4.69, 9.17) is 0 Å². The normalized spacial score (nSPS) is 13.2. The van der Waals surface area contributed by atoms with Crippen molar-refractivity contribution < 1.29 is 9.50 Å². The van der Waals surface area contributed by atoms with Crippen molar-refractivity contribution >= 4 is 15.9 Å². The summed E-state index contributed by atoms with van der Waals surface area (Å²) in [4.78, 5) is 0. The first-order valence-corrected chi connectivity index (χ1v) is 7.80. The van der Waals surface area contributed by atoms with Crippen molar-refractivity contribution in [1.29, 1.82) is 0 Å². The molecule has 2 aromatic rings. The molecule has 0 aliphatic carbocycles. The van der Waals surface area contributed by atoms with E-state index in [9.17, 15) is 9.50 Å². The Labute approximate surface area is 134 Å². The SMILES string of the molecule is CC(C)(C)c1ccc(CC(O)c2cccc(F)c2Br)cc1. The van der Waals surface area contributed by atoms with Crippen LogP contribution in [0.5, 0.6) is 0 Å². The molecule has 0 amide bonds. The van der Waals surface area contributed by atoms with E-state index in [0.29, 0.717) is 16.5 Å². The number of hydrogen-bond acceptors (Lipinski definition) is 1. The molecule has 0 radical (unpaired) electrons. The van der Waals surface area contributed by atoms with Crippen molar-refractivity contribution in [3.63, 3.8) is 0 Å². The van der Waals surface area contributed by atoms with E-state index in [-0.39, 0.29) is 11.2 Å². The quantitative estimate of drug-likeness (QED) is 0.810. The predicted octanol–water partition coefficient (Wildman–Crippen LogP) is 5.16. The van der Waals surface area contributed by atoms with Gasteiger partial charge in [0.1, 0.15) is 5.82 Å². The zero-order chi connectivity index (χ0) is 15.6. The molecular weight excluding hydrogens is 331 g/mol. The van der Waals surface area contributed by atoms with Gasteiger partial charge in [0.2, 0.25) is 0 Å². The van der Waals surface area contributed by atoms with Crippen LogP contribution in [0.2, 0.25) is 0 Å². The number of aliphatic hydroxyl groups is 1. The van der Waals surface area contributed by atoms with Crippen LogP contribution < -0.4 is 0 Å². The van der Waals surface area contributed by atoms with Gasteiger partial charge in [-0.3, -0.25) is 0 Å². The molecule has 21 heavy (non-hydrogen) atoms. The molecule has 112 valence electrons. The average molecular weight is 351 g/mol. The summed E-state index contributed by atoms with van der Waals surface area (Å²) in [5.74, 6) is -0.352. The summed E-state index contributed by atoms with van der Waals surface area (Å²) in [5, 5.41) is 10.3. The molecule has 0 spiro atoms. The molecule has 1 unspecified atom stereocenters. The maximum Gasteiger partial charge on any atom is 0.137 e. The van der Waals surface area contributed by atoms with E-state index in [1.165, 1.54) is 11.6 Å². The topological polar surface area (TPSA) is 20.2 Å². The fourth-order valence-corrected chi connectivity index (χ4v) is 2.78. The highest BCUT2D eigenvalue weighted by atomic mass is 79.9. The Morgan fingerprint density at radius 1 is 1.10 bits per heavy atom. The van der Waals surface area contributed by atoms with E-state index in [2.05, 4.69) is 48.8 Å². The second kappa shape index (κ2) is 6.29. The average Bonchev–Trinajstić information content (AvgIpc) is 2.41. The van der Waals surface area contributed by atoms with Crippen molar-refractivity contribution in [2.75, 3.05) is 0 Å². The van der Waals surface area contributed by atoms with Gasteiger partial charge in [-0.1, -0.05) is 57.2 Å². The minimum absolute atomic E-state index is 0.114. The first-order valence-electron chi connectivity index (χ1n) is 7.00. The molecule has 0 aromatic heterocycles. The second-order valence-corrected chi connectivity index (χ2v) is 7.10. The van der Waals surface area contributed by atoms with E-state index in [1.54, 1.807) is 12.1 Å². The number of aliphatic hydroxyl groups excluding tert-OH is 1. The van der Waals surface area contributed by atoms with Crippen molar-refractivity contribution in [2.24, 2.45) is 0 Å².